The van der Waals surface area contributed by atoms with Crippen LogP contribution in [0.25, 0.3) is 0 Å². The third kappa shape index (κ3) is 5.13. The first-order valence-electron chi connectivity index (χ1n) is 7.99. The Morgan fingerprint density at radius 3 is 3.18 bits per heavy atom. The minimum absolute atomic E-state index is 0.676. The first-order valence-corrected chi connectivity index (χ1v) is 9.03. The van der Waals surface area contributed by atoms with Gasteiger partial charge < -0.3 is 14.6 Å². The Morgan fingerprint density at radius 2 is 2.50 bits per heavy atom. The van der Waals surface area contributed by atoms with Gasteiger partial charge in [-0.05, 0) is 18.1 Å². The van der Waals surface area contributed by atoms with Gasteiger partial charge in [-0.15, -0.1) is 6.58 Å². The predicted molar refractivity (Wildman–Crippen MR) is 95.6 cm³/mol. The number of furan rings is 1. The van der Waals surface area contributed by atoms with Gasteiger partial charge >= 0.3 is 0 Å². The van der Waals surface area contributed by atoms with Crippen LogP contribution in [0.3, 0.4) is 0 Å². The average molecular weight is 321 g/mol. The van der Waals surface area contributed by atoms with Crippen molar-refractivity contribution < 1.29 is 4.42 Å². The van der Waals surface area contributed by atoms with Crippen molar-refractivity contribution in [3.8, 4) is 0 Å². The molecular formula is C17H27N3OS. The second-order valence-electron chi connectivity index (χ2n) is 5.80. The molecule has 0 spiro atoms. The minimum atomic E-state index is 0.676. The van der Waals surface area contributed by atoms with E-state index in [1.54, 1.807) is 6.26 Å². The third-order valence-electron chi connectivity index (χ3n) is 3.74. The van der Waals surface area contributed by atoms with Gasteiger partial charge in [0, 0.05) is 43.6 Å². The topological polar surface area (TPSA) is 40.8 Å². The van der Waals surface area contributed by atoms with Crippen LogP contribution in [0.1, 0.15) is 19.6 Å². The van der Waals surface area contributed by atoms with Gasteiger partial charge in [-0.3, -0.25) is 4.99 Å². The summed E-state index contributed by atoms with van der Waals surface area (Å²) < 4.78 is 5.37. The number of rotatable bonds is 6. The van der Waals surface area contributed by atoms with Gasteiger partial charge in [0.2, 0.25) is 0 Å². The number of hydrogen-bond donors (Lipinski definition) is 1. The second-order valence-corrected chi connectivity index (χ2v) is 7.15. The Labute approximate surface area is 138 Å². The Bertz CT molecular complexity index is 470. The van der Waals surface area contributed by atoms with Crippen LogP contribution in [0.15, 0.2) is 40.5 Å². The zero-order valence-corrected chi connectivity index (χ0v) is 14.4. The average Bonchev–Trinajstić information content (AvgIpc) is 3.04. The molecule has 1 aliphatic heterocycles. The summed E-state index contributed by atoms with van der Waals surface area (Å²) >= 11 is 2.08. The van der Waals surface area contributed by atoms with Crippen LogP contribution in [-0.2, 0) is 6.42 Å². The van der Waals surface area contributed by atoms with Crippen LogP contribution < -0.4 is 5.32 Å². The van der Waals surface area contributed by atoms with Crippen molar-refractivity contribution in [1.29, 1.82) is 0 Å². The molecule has 5 heteroatoms. The highest BCUT2D eigenvalue weighted by Gasteiger charge is 2.24. The first kappa shape index (κ1) is 17.0. The van der Waals surface area contributed by atoms with Crippen molar-refractivity contribution in [3.63, 3.8) is 0 Å². The van der Waals surface area contributed by atoms with Gasteiger partial charge in [0.25, 0.3) is 0 Å². The second kappa shape index (κ2) is 8.93. The highest BCUT2D eigenvalue weighted by Crippen LogP contribution is 2.24. The number of hydrogen-bond acceptors (Lipinski definition) is 3. The number of thioether (sulfide) groups is 1. The van der Waals surface area contributed by atoms with Crippen LogP contribution >= 0.6 is 11.8 Å². The van der Waals surface area contributed by atoms with E-state index in [0.717, 1.165) is 50.1 Å². The van der Waals surface area contributed by atoms with E-state index in [1.165, 1.54) is 0 Å². The summed E-state index contributed by atoms with van der Waals surface area (Å²) in [6, 6.07) is 3.92. The van der Waals surface area contributed by atoms with Crippen molar-refractivity contribution >= 4 is 17.7 Å². The molecule has 1 saturated heterocycles. The highest BCUT2D eigenvalue weighted by molar-refractivity contribution is 8.00. The Kier molecular flexibility index (Phi) is 6.90. The predicted octanol–water partition coefficient (Wildman–Crippen LogP) is 3.03. The number of nitrogens with one attached hydrogen (secondary N) is 1. The molecule has 2 rings (SSSR count). The molecule has 1 atom stereocenters. The fourth-order valence-electron chi connectivity index (χ4n) is 2.43. The summed E-state index contributed by atoms with van der Waals surface area (Å²) in [7, 11) is 0. The molecule has 0 radical (unpaired) electrons. The molecule has 4 nitrogen and oxygen atoms in total. The maximum absolute atomic E-state index is 5.37. The molecule has 0 amide bonds. The molecule has 0 aromatic carbocycles. The van der Waals surface area contributed by atoms with E-state index >= 15 is 0 Å². The fraction of sp³-hybridized carbons (Fsp3) is 0.588. The van der Waals surface area contributed by atoms with Crippen molar-refractivity contribution in [3.05, 3.63) is 36.8 Å². The lowest BCUT2D eigenvalue weighted by atomic mass is 10.1. The Balaban J connectivity index is 1.96. The van der Waals surface area contributed by atoms with E-state index in [2.05, 4.69) is 42.4 Å². The number of aliphatic imine (C=N–C) groups is 1. The molecule has 1 fully saturated rings. The van der Waals surface area contributed by atoms with Crippen molar-refractivity contribution in [2.75, 3.05) is 31.9 Å². The van der Waals surface area contributed by atoms with Crippen molar-refractivity contribution in [2.45, 2.75) is 25.5 Å². The van der Waals surface area contributed by atoms with E-state index in [4.69, 9.17) is 9.41 Å². The Hall–Kier alpha value is -1.36. The SMILES string of the molecule is C=CCNC(=NCCc1ccco1)N1CCSC(C(C)C)C1. The summed E-state index contributed by atoms with van der Waals surface area (Å²) in [5.41, 5.74) is 0. The van der Waals surface area contributed by atoms with Gasteiger partial charge in [0.1, 0.15) is 5.76 Å². The molecule has 0 bridgehead atoms. The summed E-state index contributed by atoms with van der Waals surface area (Å²) in [4.78, 5) is 7.15. The zero-order chi connectivity index (χ0) is 15.8. The van der Waals surface area contributed by atoms with Crippen LogP contribution in [-0.4, -0.2) is 48.0 Å². The monoisotopic (exact) mass is 321 g/mol. The molecule has 1 unspecified atom stereocenters. The van der Waals surface area contributed by atoms with E-state index in [1.807, 2.05) is 18.2 Å². The van der Waals surface area contributed by atoms with Gasteiger partial charge in [-0.1, -0.05) is 19.9 Å². The normalized spacial score (nSPS) is 19.5. The smallest absolute Gasteiger partial charge is 0.194 e. The van der Waals surface area contributed by atoms with Crippen LogP contribution in [0.5, 0.6) is 0 Å². The lowest BCUT2D eigenvalue weighted by Gasteiger charge is -2.36. The molecule has 0 saturated carbocycles. The minimum Gasteiger partial charge on any atom is -0.469 e. The summed E-state index contributed by atoms with van der Waals surface area (Å²) in [5.74, 6) is 3.84. The fourth-order valence-corrected chi connectivity index (χ4v) is 3.73. The summed E-state index contributed by atoms with van der Waals surface area (Å²) in [6.45, 7) is 12.0. The molecule has 1 aromatic heterocycles. The van der Waals surface area contributed by atoms with Gasteiger partial charge in [-0.25, -0.2) is 0 Å². The van der Waals surface area contributed by atoms with Crippen LogP contribution in [0, 0.1) is 5.92 Å². The van der Waals surface area contributed by atoms with Gasteiger partial charge in [-0.2, -0.15) is 11.8 Å². The maximum atomic E-state index is 5.37. The molecule has 22 heavy (non-hydrogen) atoms. The largest absolute Gasteiger partial charge is 0.469 e. The molecular weight excluding hydrogens is 294 g/mol. The molecule has 1 aliphatic rings. The highest BCUT2D eigenvalue weighted by atomic mass is 32.2. The van der Waals surface area contributed by atoms with E-state index in [9.17, 15) is 0 Å². The van der Waals surface area contributed by atoms with Crippen LogP contribution in [0.2, 0.25) is 0 Å². The first-order chi connectivity index (χ1) is 10.7. The zero-order valence-electron chi connectivity index (χ0n) is 13.6. The standard InChI is InChI=1S/C17H27N3OS/c1-4-8-18-17(19-9-7-15-6-5-11-21-15)20-10-12-22-16(13-20)14(2)3/h4-6,11,14,16H,1,7-10,12-13H2,2-3H3,(H,18,19). The van der Waals surface area contributed by atoms with Crippen molar-refractivity contribution in [1.82, 2.24) is 10.2 Å². The lowest BCUT2D eigenvalue weighted by molar-refractivity contribution is 0.381. The molecule has 1 aromatic rings. The van der Waals surface area contributed by atoms with Gasteiger partial charge in [0.05, 0.1) is 6.26 Å². The summed E-state index contributed by atoms with van der Waals surface area (Å²) in [6.07, 6.45) is 4.42. The third-order valence-corrected chi connectivity index (χ3v) is 5.28. The quantitative estimate of drug-likeness (QED) is 0.497. The number of nitrogens with zero attached hydrogens (tertiary/aromatic N) is 2. The van der Waals surface area contributed by atoms with Crippen LogP contribution in [0.4, 0.5) is 0 Å². The molecule has 2 heterocycles. The Morgan fingerprint density at radius 1 is 1.64 bits per heavy atom. The molecule has 1 N–H and O–H groups in total. The van der Waals surface area contributed by atoms with Gasteiger partial charge in [0.15, 0.2) is 5.96 Å². The lowest BCUT2D eigenvalue weighted by Crippen LogP contribution is -2.49. The molecule has 0 aliphatic carbocycles. The van der Waals surface area contributed by atoms with E-state index in [0.29, 0.717) is 11.2 Å². The number of guanidine groups is 1. The van der Waals surface area contributed by atoms with E-state index < -0.39 is 0 Å². The van der Waals surface area contributed by atoms with Crippen molar-refractivity contribution in [2.24, 2.45) is 10.9 Å². The molecule has 122 valence electrons. The summed E-state index contributed by atoms with van der Waals surface area (Å²) in [5, 5.41) is 4.07. The maximum Gasteiger partial charge on any atom is 0.194 e. The van der Waals surface area contributed by atoms with E-state index in [-0.39, 0.29) is 0 Å².